The Bertz CT molecular complexity index is 4220. The predicted molar refractivity (Wildman–Crippen MR) is 386 cm³/mol. The van der Waals surface area contributed by atoms with Crippen LogP contribution in [0.2, 0.25) is 0 Å². The largest absolute Gasteiger partial charge is 0.311 e. The summed E-state index contributed by atoms with van der Waals surface area (Å²) in [6.45, 7) is 18.6. The number of para-hydroxylation sites is 5. The second kappa shape index (κ2) is 26.8. The topological polar surface area (TPSA) is 13.0 Å². The lowest BCUT2D eigenvalue weighted by molar-refractivity contribution is 0.473. The number of hydrogen-bond acceptors (Lipinski definition) is 4. The van der Waals surface area contributed by atoms with Gasteiger partial charge in [0.2, 0.25) is 0 Å². The van der Waals surface area contributed by atoms with Crippen LogP contribution in [0.5, 0.6) is 0 Å². The number of hydrogen-bond donors (Lipinski definition) is 0. The third kappa shape index (κ3) is 11.8. The van der Waals surface area contributed by atoms with E-state index in [2.05, 4.69) is 366 Å². The van der Waals surface area contributed by atoms with Gasteiger partial charge in [-0.25, -0.2) is 0 Å². The Balaban J connectivity index is 0.820. The molecule has 448 valence electrons. The fourth-order valence-corrected chi connectivity index (χ4v) is 14.7. The van der Waals surface area contributed by atoms with E-state index in [1.165, 1.54) is 72.7 Å². The maximum Gasteiger partial charge on any atom is 0.0464 e. The Morgan fingerprint density at radius 1 is 0.267 bits per heavy atom. The molecule has 11 aromatic carbocycles. The van der Waals surface area contributed by atoms with Crippen LogP contribution < -0.4 is 19.6 Å². The first-order valence-electron chi connectivity index (χ1n) is 32.6. The lowest BCUT2D eigenvalue weighted by atomic mass is 9.68. The number of benzene rings is 11. The van der Waals surface area contributed by atoms with E-state index in [9.17, 15) is 0 Å². The van der Waals surface area contributed by atoms with E-state index in [4.69, 9.17) is 0 Å². The fourth-order valence-electron chi connectivity index (χ4n) is 14.7. The van der Waals surface area contributed by atoms with Crippen LogP contribution in [-0.4, -0.2) is 0 Å². The van der Waals surface area contributed by atoms with Gasteiger partial charge in [-0.1, -0.05) is 179 Å². The van der Waals surface area contributed by atoms with Crippen molar-refractivity contribution in [2.75, 3.05) is 19.6 Å². The maximum absolute atomic E-state index is 2.41. The predicted octanol–water partition coefficient (Wildman–Crippen LogP) is 24.6. The van der Waals surface area contributed by atoms with E-state index in [1.54, 1.807) is 0 Å². The smallest absolute Gasteiger partial charge is 0.0464 e. The normalized spacial score (nSPS) is 12.3. The molecule has 1 aliphatic rings. The van der Waals surface area contributed by atoms with Crippen molar-refractivity contribution in [1.82, 2.24) is 0 Å². The minimum atomic E-state index is -0.173. The van der Waals surface area contributed by atoms with Crippen LogP contribution in [0.3, 0.4) is 0 Å². The van der Waals surface area contributed by atoms with Crippen LogP contribution in [0.4, 0.5) is 62.6 Å². The van der Waals surface area contributed by atoms with Crippen LogP contribution in [-0.2, 0) is 10.8 Å². The zero-order valence-electron chi connectivity index (χ0n) is 53.7. The summed E-state index contributed by atoms with van der Waals surface area (Å²) in [7, 11) is 0. The number of nitrogens with zero attached hydrogens (tertiary/aromatic N) is 4. The number of rotatable bonds is 21. The number of allylic oxidation sites excluding steroid dienone is 3. The lowest BCUT2D eigenvalue weighted by Gasteiger charge is -2.37. The highest BCUT2D eigenvalue weighted by atomic mass is 15.2. The van der Waals surface area contributed by atoms with Gasteiger partial charge in [-0.2, -0.15) is 0 Å². The van der Waals surface area contributed by atoms with E-state index in [0.29, 0.717) is 0 Å². The monoisotopic (exact) mass is 1170 g/mol. The maximum atomic E-state index is 2.41. The molecule has 0 aromatic heterocycles. The van der Waals surface area contributed by atoms with Gasteiger partial charge in [0.25, 0.3) is 0 Å². The molecular weight excluding hydrogens is 1090 g/mol. The summed E-state index contributed by atoms with van der Waals surface area (Å²) < 4.78 is 0. The molecule has 0 unspecified atom stereocenters. The first-order valence-corrected chi connectivity index (χ1v) is 32.6. The van der Waals surface area contributed by atoms with Gasteiger partial charge in [-0.05, 0) is 261 Å². The van der Waals surface area contributed by atoms with Gasteiger partial charge in [0.05, 0.1) is 0 Å². The highest BCUT2D eigenvalue weighted by molar-refractivity contribution is 5.83. The summed E-state index contributed by atoms with van der Waals surface area (Å²) in [5.74, 6) is 0. The highest BCUT2D eigenvalue weighted by Gasteiger charge is 2.36. The van der Waals surface area contributed by atoms with Crippen LogP contribution in [0.15, 0.2) is 297 Å². The summed E-state index contributed by atoms with van der Waals surface area (Å²) in [4.78, 5) is 9.56. The van der Waals surface area contributed by atoms with Crippen molar-refractivity contribution in [2.45, 2.75) is 105 Å². The average molecular weight is 1170 g/mol. The quantitative estimate of drug-likeness (QED) is 0.0711. The van der Waals surface area contributed by atoms with Crippen molar-refractivity contribution in [1.29, 1.82) is 0 Å². The van der Waals surface area contributed by atoms with Crippen molar-refractivity contribution >= 4 is 62.6 Å². The number of aryl methyl sites for hydroxylation is 4. The Hall–Kier alpha value is -9.90. The van der Waals surface area contributed by atoms with E-state index in [-0.39, 0.29) is 10.8 Å². The van der Waals surface area contributed by atoms with Crippen molar-refractivity contribution in [3.8, 4) is 11.1 Å². The van der Waals surface area contributed by atoms with Gasteiger partial charge in [0.15, 0.2) is 0 Å². The zero-order valence-corrected chi connectivity index (χ0v) is 53.7. The van der Waals surface area contributed by atoms with E-state index < -0.39 is 0 Å². The first kappa shape index (κ1) is 60.4. The molecule has 0 saturated carbocycles. The Labute approximate surface area is 536 Å². The molecule has 90 heavy (non-hydrogen) atoms. The fraction of sp³-hybridized carbons (Fsp3) is 0.186. The molecule has 0 aliphatic heterocycles. The first-order chi connectivity index (χ1) is 44.1. The molecule has 0 radical (unpaired) electrons. The Morgan fingerprint density at radius 2 is 0.511 bits per heavy atom. The Kier molecular flexibility index (Phi) is 18.0. The summed E-state index contributed by atoms with van der Waals surface area (Å²) in [5, 5.41) is 0. The molecule has 12 rings (SSSR count). The third-order valence-electron chi connectivity index (χ3n) is 19.2. The lowest BCUT2D eigenvalue weighted by Crippen LogP contribution is -2.28. The molecule has 0 bridgehead atoms. The summed E-state index contributed by atoms with van der Waals surface area (Å²) in [6.07, 6.45) is 13.0. The molecule has 0 amide bonds. The highest BCUT2D eigenvalue weighted by Crippen LogP contribution is 2.49. The van der Waals surface area contributed by atoms with Gasteiger partial charge in [-0.15, -0.1) is 0 Å². The third-order valence-corrected chi connectivity index (χ3v) is 19.2. The van der Waals surface area contributed by atoms with E-state index >= 15 is 0 Å². The molecule has 0 saturated heterocycles. The molecular formula is C86H84N4. The summed E-state index contributed by atoms with van der Waals surface area (Å²) >= 11 is 0. The second-order valence-corrected chi connectivity index (χ2v) is 24.3. The van der Waals surface area contributed by atoms with Crippen LogP contribution in [0, 0.1) is 27.7 Å². The molecule has 0 atom stereocenters. The molecule has 0 fully saturated rings. The van der Waals surface area contributed by atoms with Gasteiger partial charge in [-0.3, -0.25) is 0 Å². The zero-order chi connectivity index (χ0) is 62.2. The molecule has 0 spiro atoms. The van der Waals surface area contributed by atoms with Gasteiger partial charge in [0.1, 0.15) is 0 Å². The van der Waals surface area contributed by atoms with Crippen LogP contribution in [0.25, 0.3) is 11.1 Å². The molecule has 4 nitrogen and oxygen atoms in total. The van der Waals surface area contributed by atoms with Gasteiger partial charge >= 0.3 is 0 Å². The van der Waals surface area contributed by atoms with Crippen molar-refractivity contribution in [2.24, 2.45) is 0 Å². The molecule has 0 N–H and O–H groups in total. The van der Waals surface area contributed by atoms with Crippen LogP contribution >= 0.6 is 0 Å². The average Bonchev–Trinajstić information content (AvgIpc) is 1.17. The Morgan fingerprint density at radius 3 is 0.756 bits per heavy atom. The molecule has 4 heteroatoms. The van der Waals surface area contributed by atoms with Gasteiger partial charge in [0, 0.05) is 79.1 Å². The molecule has 1 aliphatic carbocycles. The minimum absolute atomic E-state index is 0.163. The van der Waals surface area contributed by atoms with E-state index in [0.717, 1.165) is 89.7 Å². The van der Waals surface area contributed by atoms with Gasteiger partial charge < -0.3 is 19.6 Å². The summed E-state index contributed by atoms with van der Waals surface area (Å²) in [6, 6.07) is 100. The van der Waals surface area contributed by atoms with Crippen molar-refractivity contribution < 1.29 is 0 Å². The number of anilines is 11. The van der Waals surface area contributed by atoms with E-state index in [1.807, 2.05) is 0 Å². The van der Waals surface area contributed by atoms with Crippen LogP contribution in [0.1, 0.15) is 111 Å². The van der Waals surface area contributed by atoms with Crippen molar-refractivity contribution in [3.05, 3.63) is 341 Å². The standard InChI is InChI=1S/C86H84N4/c1-9-85(10-2,81-55-51-77(59-63(81)5)87(69-31-19-13-20-32-69)70-33-21-14-22-34-70)83-57-53-79(61-65(83)7)89(73-39-27-17-28-40-73)75-47-43-67(44-48-75)68-45-49-76(50-46-68)90(74-41-29-18-30-42-74)80-54-58-84(66(8)62-80)86(11-3,12-4)82-56-52-78(60-64(82)6)88(71-35-23-15-24-36-71)72-37-25-16-26-38-72/h13-15,17-25,27-62H,9-12,16,26H2,1-8H3. The SMILES string of the molecule is CCC(CC)(c1ccc(N(C2=CCCC=C2)c2ccccc2)cc1C)c1ccc(N(c2ccccc2)c2ccc(-c3ccc(N(c4ccccc4)c4ccc(C(CC)(CC)c5ccc(N(c6ccccc6)c6ccccc6)cc5C)c(C)c4)cc3)cc2)cc1C. The minimum Gasteiger partial charge on any atom is -0.311 e. The second-order valence-electron chi connectivity index (χ2n) is 24.3. The molecule has 0 heterocycles. The molecule has 11 aromatic rings. The van der Waals surface area contributed by atoms with Crippen molar-refractivity contribution in [3.63, 3.8) is 0 Å². The summed E-state index contributed by atoms with van der Waals surface area (Å²) in [5.41, 5.74) is 26.5.